The van der Waals surface area contributed by atoms with Crippen molar-refractivity contribution in [3.05, 3.63) is 24.3 Å². The van der Waals surface area contributed by atoms with Crippen LogP contribution in [-0.4, -0.2) is 23.8 Å². The van der Waals surface area contributed by atoms with Gasteiger partial charge in [0.05, 0.1) is 11.7 Å². The Bertz CT molecular complexity index is 480. The largest absolute Gasteiger partial charge is 0.458 e. The minimum absolute atomic E-state index is 0.0354. The van der Waals surface area contributed by atoms with Crippen molar-refractivity contribution in [2.24, 2.45) is 17.8 Å². The van der Waals surface area contributed by atoms with Gasteiger partial charge in [-0.2, -0.15) is 0 Å². The van der Waals surface area contributed by atoms with Gasteiger partial charge in [-0.1, -0.05) is 18.7 Å². The van der Waals surface area contributed by atoms with Crippen LogP contribution in [0.3, 0.4) is 0 Å². The maximum atomic E-state index is 11.8. The van der Waals surface area contributed by atoms with E-state index in [1.165, 1.54) is 5.57 Å². The van der Waals surface area contributed by atoms with Crippen molar-refractivity contribution >= 4 is 5.97 Å². The van der Waals surface area contributed by atoms with Crippen molar-refractivity contribution < 1.29 is 14.3 Å². The predicted octanol–water partition coefficient (Wildman–Crippen LogP) is 2.23. The van der Waals surface area contributed by atoms with Crippen molar-refractivity contribution in [3.8, 4) is 0 Å². The van der Waals surface area contributed by atoms with Crippen LogP contribution in [0.5, 0.6) is 0 Å². The van der Waals surface area contributed by atoms with E-state index in [1.54, 1.807) is 0 Å². The Morgan fingerprint density at radius 2 is 2.11 bits per heavy atom. The molecule has 0 spiro atoms. The third-order valence-electron chi connectivity index (χ3n) is 5.55. The van der Waals surface area contributed by atoms with Gasteiger partial charge >= 0.3 is 5.97 Å². The Labute approximate surface area is 107 Å². The van der Waals surface area contributed by atoms with Crippen LogP contribution < -0.4 is 0 Å². The molecule has 0 bridgehead atoms. The topological polar surface area (TPSA) is 38.8 Å². The summed E-state index contributed by atoms with van der Waals surface area (Å²) in [5.41, 5.74) is 1.88. The van der Waals surface area contributed by atoms with Crippen LogP contribution in [-0.2, 0) is 14.3 Å². The van der Waals surface area contributed by atoms with Gasteiger partial charge in [-0.25, -0.2) is 4.79 Å². The van der Waals surface area contributed by atoms with Gasteiger partial charge in [-0.05, 0) is 32.1 Å². The summed E-state index contributed by atoms with van der Waals surface area (Å²) in [5, 5.41) is 0. The van der Waals surface area contributed by atoms with Gasteiger partial charge in [0.2, 0.25) is 0 Å². The van der Waals surface area contributed by atoms with Crippen molar-refractivity contribution in [1.82, 2.24) is 0 Å². The summed E-state index contributed by atoms with van der Waals surface area (Å²) in [5.74, 6) is 0.709. The van der Waals surface area contributed by atoms with E-state index in [-0.39, 0.29) is 29.5 Å². The fourth-order valence-electron chi connectivity index (χ4n) is 4.42. The first-order valence-electron chi connectivity index (χ1n) is 6.77. The van der Waals surface area contributed by atoms with Crippen molar-refractivity contribution in [2.75, 3.05) is 0 Å². The Hall–Kier alpha value is -1.09. The highest BCUT2D eigenvalue weighted by molar-refractivity contribution is 5.90. The van der Waals surface area contributed by atoms with Gasteiger partial charge in [-0.15, -0.1) is 0 Å². The number of fused-ring (bicyclic) bond motifs is 5. The minimum atomic E-state index is -0.205. The summed E-state index contributed by atoms with van der Waals surface area (Å²) in [6.07, 6.45) is 3.29. The Morgan fingerprint density at radius 1 is 1.33 bits per heavy atom. The molecule has 2 aliphatic heterocycles. The van der Waals surface area contributed by atoms with Gasteiger partial charge in [0.25, 0.3) is 0 Å². The zero-order chi connectivity index (χ0) is 12.7. The monoisotopic (exact) mass is 246 g/mol. The van der Waals surface area contributed by atoms with Gasteiger partial charge in [0, 0.05) is 17.4 Å². The summed E-state index contributed by atoms with van der Waals surface area (Å²) in [6.45, 7) is 10.3. The number of rotatable bonds is 0. The van der Waals surface area contributed by atoms with Crippen LogP contribution in [0, 0.1) is 17.8 Å². The van der Waals surface area contributed by atoms with Gasteiger partial charge in [0.1, 0.15) is 6.10 Å². The molecule has 0 aromatic heterocycles. The molecule has 4 aliphatic rings. The SMILES string of the molecule is C=C1C(=O)O[C@@H]2[C@H]3[C@@H](C[C@H]4O[C@@]34C)C(=C)CC[C@@H]12. The number of hydrogen-bond donors (Lipinski definition) is 0. The molecular formula is C15H18O3. The van der Waals surface area contributed by atoms with Crippen LogP contribution in [0.2, 0.25) is 0 Å². The predicted molar refractivity (Wildman–Crippen MR) is 65.8 cm³/mol. The Balaban J connectivity index is 1.77. The highest BCUT2D eigenvalue weighted by atomic mass is 16.6. The molecule has 0 unspecified atom stereocenters. The van der Waals surface area contributed by atoms with Gasteiger partial charge in [-0.3, -0.25) is 0 Å². The molecule has 3 heteroatoms. The Kier molecular flexibility index (Phi) is 1.85. The normalized spacial score (nSPS) is 53.4. The van der Waals surface area contributed by atoms with Crippen LogP contribution in [0.25, 0.3) is 0 Å². The third kappa shape index (κ3) is 1.11. The second kappa shape index (κ2) is 3.08. The van der Waals surface area contributed by atoms with Crippen LogP contribution in [0.15, 0.2) is 24.3 Å². The first-order chi connectivity index (χ1) is 8.52. The van der Waals surface area contributed by atoms with E-state index in [1.807, 2.05) is 0 Å². The highest BCUT2D eigenvalue weighted by Crippen LogP contribution is 2.63. The van der Waals surface area contributed by atoms with E-state index in [0.29, 0.717) is 17.6 Å². The fraction of sp³-hybridized carbons (Fsp3) is 0.667. The molecule has 0 aromatic carbocycles. The van der Waals surface area contributed by atoms with E-state index in [9.17, 15) is 4.79 Å². The van der Waals surface area contributed by atoms with Crippen LogP contribution in [0.1, 0.15) is 26.2 Å². The second-order valence-corrected chi connectivity index (χ2v) is 6.36. The van der Waals surface area contributed by atoms with Crippen molar-refractivity contribution in [1.29, 1.82) is 0 Å². The van der Waals surface area contributed by atoms with Gasteiger partial charge in [0.15, 0.2) is 0 Å². The summed E-state index contributed by atoms with van der Waals surface area (Å²) >= 11 is 0. The lowest BCUT2D eigenvalue weighted by Crippen LogP contribution is -2.37. The maximum absolute atomic E-state index is 11.8. The number of ether oxygens (including phenoxy) is 2. The molecule has 0 N–H and O–H groups in total. The molecule has 96 valence electrons. The molecule has 0 radical (unpaired) electrons. The van der Waals surface area contributed by atoms with Crippen LogP contribution >= 0.6 is 0 Å². The molecule has 2 saturated carbocycles. The molecule has 0 amide bonds. The molecule has 2 saturated heterocycles. The quantitative estimate of drug-likeness (QED) is 0.285. The van der Waals surface area contributed by atoms with Crippen molar-refractivity contribution in [2.45, 2.75) is 44.0 Å². The highest BCUT2D eigenvalue weighted by Gasteiger charge is 2.70. The molecule has 2 aliphatic carbocycles. The Morgan fingerprint density at radius 3 is 2.89 bits per heavy atom. The molecule has 18 heavy (non-hydrogen) atoms. The number of carbonyl (C=O) groups excluding carboxylic acids is 1. The summed E-state index contributed by atoms with van der Waals surface area (Å²) in [7, 11) is 0. The minimum Gasteiger partial charge on any atom is -0.458 e. The molecular weight excluding hydrogens is 228 g/mol. The molecule has 0 aromatic rings. The maximum Gasteiger partial charge on any atom is 0.334 e. The number of carbonyl (C=O) groups is 1. The fourth-order valence-corrected chi connectivity index (χ4v) is 4.42. The second-order valence-electron chi connectivity index (χ2n) is 6.36. The first kappa shape index (κ1) is 10.8. The first-order valence-corrected chi connectivity index (χ1v) is 6.77. The standard InChI is InChI=1S/C15H18O3/c1-7-4-5-9-8(2)14(16)17-13(9)12-10(7)6-11-15(12,3)18-11/h9-13H,1-2,4-6H2,3H3/t9-,10-,11+,12+,13-,15+/m0/s1. The van der Waals surface area contributed by atoms with E-state index < -0.39 is 0 Å². The zero-order valence-corrected chi connectivity index (χ0v) is 10.6. The number of esters is 1. The average molecular weight is 246 g/mol. The summed E-state index contributed by atoms with van der Waals surface area (Å²) < 4.78 is 11.5. The van der Waals surface area contributed by atoms with Crippen LogP contribution in [0.4, 0.5) is 0 Å². The lowest BCUT2D eigenvalue weighted by Gasteiger charge is -2.30. The summed E-state index contributed by atoms with van der Waals surface area (Å²) in [4.78, 5) is 11.8. The molecule has 6 atom stereocenters. The van der Waals surface area contributed by atoms with E-state index >= 15 is 0 Å². The molecule has 4 rings (SSSR count). The van der Waals surface area contributed by atoms with E-state index in [0.717, 1.165) is 19.3 Å². The van der Waals surface area contributed by atoms with Crippen molar-refractivity contribution in [3.63, 3.8) is 0 Å². The smallest absolute Gasteiger partial charge is 0.334 e. The average Bonchev–Trinajstić information content (AvgIpc) is 2.82. The molecule has 4 fully saturated rings. The zero-order valence-electron chi connectivity index (χ0n) is 10.6. The van der Waals surface area contributed by atoms with Gasteiger partial charge < -0.3 is 9.47 Å². The summed E-state index contributed by atoms with van der Waals surface area (Å²) in [6, 6.07) is 0. The lowest BCUT2D eigenvalue weighted by molar-refractivity contribution is -0.143. The molecule has 2 heterocycles. The number of allylic oxidation sites excluding steroid dienone is 1. The molecule has 3 nitrogen and oxygen atoms in total. The number of epoxide rings is 1. The lowest BCUT2D eigenvalue weighted by atomic mass is 9.78. The van der Waals surface area contributed by atoms with E-state index in [2.05, 4.69) is 20.1 Å². The van der Waals surface area contributed by atoms with E-state index in [4.69, 9.17) is 9.47 Å². The third-order valence-corrected chi connectivity index (χ3v) is 5.55. The number of hydrogen-bond acceptors (Lipinski definition) is 3.